The molecule has 4 heterocycles. The average molecular weight is 460 g/mol. The van der Waals surface area contributed by atoms with Gasteiger partial charge in [-0.2, -0.15) is 9.61 Å². The lowest BCUT2D eigenvalue weighted by molar-refractivity contribution is 0.0342. The Labute approximate surface area is 194 Å². The van der Waals surface area contributed by atoms with E-state index in [2.05, 4.69) is 44.2 Å². The summed E-state index contributed by atoms with van der Waals surface area (Å²) in [6.07, 6.45) is 5.47. The molecule has 1 aliphatic heterocycles. The van der Waals surface area contributed by atoms with Crippen LogP contribution in [0.4, 0.5) is 0 Å². The number of ether oxygens (including phenoxy) is 1. The molecule has 1 saturated heterocycles. The number of hydrogen-bond acceptors (Lipinski definition) is 7. The van der Waals surface area contributed by atoms with Gasteiger partial charge in [-0.1, -0.05) is 18.2 Å². The smallest absolute Gasteiger partial charge is 0.326 e. The fraction of sp³-hybridized carbons (Fsp3) is 0.333. The molecule has 10 heteroatoms. The highest BCUT2D eigenvalue weighted by Crippen LogP contribution is 2.23. The SMILES string of the molecule is O=c1[nH]c(O)c(/C=c2/cnn3c(=NC4CC4)cc(-c4cccc(CN5CCOCC5)c4)nc23)[nH]1. The number of rotatable bonds is 5. The van der Waals surface area contributed by atoms with Crippen molar-refractivity contribution in [2.24, 2.45) is 4.99 Å². The molecule has 1 saturated carbocycles. The second-order valence-electron chi connectivity index (χ2n) is 8.77. The largest absolute Gasteiger partial charge is 0.493 e. The van der Waals surface area contributed by atoms with Crippen molar-refractivity contribution in [2.45, 2.75) is 25.4 Å². The minimum Gasteiger partial charge on any atom is -0.493 e. The maximum absolute atomic E-state index is 11.5. The van der Waals surface area contributed by atoms with Crippen molar-refractivity contribution in [3.63, 3.8) is 0 Å². The Morgan fingerprint density at radius 1 is 1.21 bits per heavy atom. The summed E-state index contributed by atoms with van der Waals surface area (Å²) in [6.45, 7) is 4.27. The Bertz CT molecular complexity index is 1520. The summed E-state index contributed by atoms with van der Waals surface area (Å²) in [6, 6.07) is 10.7. The number of aromatic amines is 2. The minimum atomic E-state index is -0.477. The van der Waals surface area contributed by atoms with Gasteiger partial charge in [0.25, 0.3) is 0 Å². The quantitative estimate of drug-likeness (QED) is 0.401. The summed E-state index contributed by atoms with van der Waals surface area (Å²) in [5.74, 6) is -0.223. The van der Waals surface area contributed by atoms with Gasteiger partial charge in [0.05, 0.1) is 31.1 Å². The Kier molecular flexibility index (Phi) is 5.23. The summed E-state index contributed by atoms with van der Waals surface area (Å²) in [7, 11) is 0. The van der Waals surface area contributed by atoms with Crippen LogP contribution in [0.25, 0.3) is 23.0 Å². The standard InChI is InChI=1S/C24H25N7O3/c32-23-20(28-24(33)29-23)11-17-13-25-31-21(26-18-4-5-18)12-19(27-22(17)31)16-3-1-2-15(10-16)14-30-6-8-34-9-7-30/h1-3,10-13,18,32H,4-9,14H2,(H2,28,29,33)/b17-11-,26-21?. The Morgan fingerprint density at radius 2 is 2.06 bits per heavy atom. The number of aromatic hydroxyl groups is 1. The highest BCUT2D eigenvalue weighted by molar-refractivity contribution is 5.64. The zero-order valence-corrected chi connectivity index (χ0v) is 18.6. The first-order valence-electron chi connectivity index (χ1n) is 11.5. The number of fused-ring (bicyclic) bond motifs is 1. The van der Waals surface area contributed by atoms with E-state index in [1.165, 1.54) is 5.56 Å². The highest BCUT2D eigenvalue weighted by atomic mass is 16.5. The van der Waals surface area contributed by atoms with Crippen LogP contribution in [0.15, 0.2) is 46.3 Å². The number of nitrogens with one attached hydrogen (secondary N) is 2. The molecule has 0 atom stereocenters. The maximum Gasteiger partial charge on any atom is 0.326 e. The lowest BCUT2D eigenvalue weighted by Crippen LogP contribution is -2.35. The van der Waals surface area contributed by atoms with Crippen molar-refractivity contribution in [1.82, 2.24) is 29.5 Å². The van der Waals surface area contributed by atoms with E-state index in [-0.39, 0.29) is 11.6 Å². The first-order chi connectivity index (χ1) is 16.6. The van der Waals surface area contributed by atoms with Crippen LogP contribution < -0.4 is 16.4 Å². The molecular formula is C24H25N7O3. The third-order valence-corrected chi connectivity index (χ3v) is 6.11. The number of hydrogen-bond donors (Lipinski definition) is 3. The second-order valence-corrected chi connectivity index (χ2v) is 8.77. The van der Waals surface area contributed by atoms with Gasteiger partial charge in [-0.15, -0.1) is 0 Å². The van der Waals surface area contributed by atoms with Crippen molar-refractivity contribution in [2.75, 3.05) is 26.3 Å². The van der Waals surface area contributed by atoms with E-state index in [0.717, 1.165) is 62.4 Å². The number of benzene rings is 1. The number of H-pyrrole nitrogens is 2. The minimum absolute atomic E-state index is 0.223. The Hall–Kier alpha value is -3.76. The van der Waals surface area contributed by atoms with Crippen LogP contribution in [0.2, 0.25) is 0 Å². The van der Waals surface area contributed by atoms with E-state index >= 15 is 0 Å². The van der Waals surface area contributed by atoms with Crippen molar-refractivity contribution >= 4 is 11.7 Å². The van der Waals surface area contributed by atoms with Crippen LogP contribution >= 0.6 is 0 Å². The van der Waals surface area contributed by atoms with E-state index in [1.807, 2.05) is 6.07 Å². The summed E-state index contributed by atoms with van der Waals surface area (Å²) < 4.78 is 7.18. The first-order valence-corrected chi connectivity index (χ1v) is 11.5. The van der Waals surface area contributed by atoms with Crippen LogP contribution in [-0.2, 0) is 11.3 Å². The van der Waals surface area contributed by atoms with Crippen molar-refractivity contribution in [1.29, 1.82) is 0 Å². The predicted molar refractivity (Wildman–Crippen MR) is 125 cm³/mol. The van der Waals surface area contributed by atoms with E-state index in [1.54, 1.807) is 16.8 Å². The van der Waals surface area contributed by atoms with Crippen LogP contribution in [-0.4, -0.2) is 66.9 Å². The van der Waals surface area contributed by atoms with Gasteiger partial charge < -0.3 is 14.8 Å². The summed E-state index contributed by atoms with van der Waals surface area (Å²) in [5.41, 5.74) is 4.18. The Balaban J connectivity index is 1.46. The number of aromatic nitrogens is 5. The van der Waals surface area contributed by atoms with Gasteiger partial charge in [-0.3, -0.25) is 14.9 Å². The predicted octanol–water partition coefficient (Wildman–Crippen LogP) is 0.561. The summed E-state index contributed by atoms with van der Waals surface area (Å²) >= 11 is 0. The van der Waals surface area contributed by atoms with E-state index in [4.69, 9.17) is 14.7 Å². The molecule has 2 aliphatic rings. The molecule has 0 bridgehead atoms. The molecule has 1 aliphatic carbocycles. The molecule has 0 spiro atoms. The summed E-state index contributed by atoms with van der Waals surface area (Å²) in [5, 5.41) is 15.1. The van der Waals surface area contributed by atoms with Crippen molar-refractivity contribution in [3.05, 3.63) is 69.0 Å². The van der Waals surface area contributed by atoms with Gasteiger partial charge in [0, 0.05) is 36.5 Å². The molecule has 1 aromatic carbocycles. The van der Waals surface area contributed by atoms with E-state index in [9.17, 15) is 9.90 Å². The van der Waals surface area contributed by atoms with Crippen molar-refractivity contribution in [3.8, 4) is 17.1 Å². The van der Waals surface area contributed by atoms with Crippen LogP contribution in [0, 0.1) is 0 Å². The Morgan fingerprint density at radius 3 is 2.82 bits per heavy atom. The molecule has 4 aromatic rings. The van der Waals surface area contributed by atoms with Gasteiger partial charge in [-0.25, -0.2) is 9.78 Å². The molecule has 0 amide bonds. The number of morpholine rings is 1. The molecule has 6 rings (SSSR count). The van der Waals surface area contributed by atoms with E-state index in [0.29, 0.717) is 16.9 Å². The molecule has 0 unspecified atom stereocenters. The third-order valence-electron chi connectivity index (χ3n) is 6.11. The monoisotopic (exact) mass is 459 g/mol. The van der Waals surface area contributed by atoms with Gasteiger partial charge in [0.1, 0.15) is 5.69 Å². The molecule has 174 valence electrons. The molecule has 3 aromatic heterocycles. The first kappa shape index (κ1) is 20.8. The lowest BCUT2D eigenvalue weighted by atomic mass is 10.1. The fourth-order valence-electron chi connectivity index (χ4n) is 4.19. The van der Waals surface area contributed by atoms with Crippen LogP contribution in [0.1, 0.15) is 24.1 Å². The molecule has 10 nitrogen and oxygen atoms in total. The van der Waals surface area contributed by atoms with Crippen molar-refractivity contribution < 1.29 is 9.84 Å². The summed E-state index contributed by atoms with van der Waals surface area (Å²) in [4.78, 5) is 28.6. The molecule has 2 fully saturated rings. The normalized spacial score (nSPS) is 18.2. The van der Waals surface area contributed by atoms with Crippen LogP contribution in [0.5, 0.6) is 5.88 Å². The molecule has 0 radical (unpaired) electrons. The van der Waals surface area contributed by atoms with Gasteiger partial charge in [0.2, 0.25) is 5.88 Å². The number of imidazole rings is 1. The molecular weight excluding hydrogens is 434 g/mol. The second kappa shape index (κ2) is 8.54. The molecule has 34 heavy (non-hydrogen) atoms. The van der Waals surface area contributed by atoms with E-state index < -0.39 is 5.69 Å². The lowest BCUT2D eigenvalue weighted by Gasteiger charge is -2.26. The highest BCUT2D eigenvalue weighted by Gasteiger charge is 2.20. The van der Waals surface area contributed by atoms with Gasteiger partial charge >= 0.3 is 5.69 Å². The maximum atomic E-state index is 11.5. The zero-order chi connectivity index (χ0) is 23.1. The molecule has 3 N–H and O–H groups in total. The van der Waals surface area contributed by atoms with Gasteiger partial charge in [-0.05, 0) is 30.5 Å². The fourth-order valence-corrected chi connectivity index (χ4v) is 4.19. The van der Waals surface area contributed by atoms with Crippen LogP contribution in [0.3, 0.4) is 0 Å². The average Bonchev–Trinajstić information content (AvgIpc) is 3.48. The third kappa shape index (κ3) is 4.25. The number of nitrogens with zero attached hydrogens (tertiary/aromatic N) is 5. The topological polar surface area (TPSA) is 124 Å². The van der Waals surface area contributed by atoms with Gasteiger partial charge in [0.15, 0.2) is 11.1 Å². The zero-order valence-electron chi connectivity index (χ0n) is 18.6.